The predicted octanol–water partition coefficient (Wildman–Crippen LogP) is 3.72. The zero-order valence-corrected chi connectivity index (χ0v) is 15.6. The minimum atomic E-state index is -0.384. The molecule has 0 N–H and O–H groups in total. The molecule has 0 atom stereocenters. The fourth-order valence-electron chi connectivity index (χ4n) is 4.64. The summed E-state index contributed by atoms with van der Waals surface area (Å²) in [5.41, 5.74) is 1.37. The van der Waals surface area contributed by atoms with Crippen molar-refractivity contribution >= 4 is 17.2 Å². The van der Waals surface area contributed by atoms with Gasteiger partial charge in [0.1, 0.15) is 5.69 Å². The first-order chi connectivity index (χ1) is 13.0. The summed E-state index contributed by atoms with van der Waals surface area (Å²) in [4.78, 5) is 30.1. The molecule has 2 fully saturated rings. The van der Waals surface area contributed by atoms with Gasteiger partial charge in [0, 0.05) is 44.2 Å². The van der Waals surface area contributed by atoms with Gasteiger partial charge in [-0.1, -0.05) is 12.8 Å². The lowest BCUT2D eigenvalue weighted by Crippen LogP contribution is -2.39. The Bertz CT molecular complexity index is 873. The van der Waals surface area contributed by atoms with Crippen molar-refractivity contribution in [3.8, 4) is 0 Å². The Kier molecular flexibility index (Phi) is 4.45. The van der Waals surface area contributed by atoms with Gasteiger partial charge in [0.05, 0.1) is 4.92 Å². The van der Waals surface area contributed by atoms with Crippen LogP contribution in [0.2, 0.25) is 0 Å². The summed E-state index contributed by atoms with van der Waals surface area (Å²) in [5, 5.41) is 11.7. The number of ketones is 1. The van der Waals surface area contributed by atoms with E-state index in [2.05, 4.69) is 9.88 Å². The summed E-state index contributed by atoms with van der Waals surface area (Å²) < 4.78 is 1.62. The van der Waals surface area contributed by atoms with Crippen molar-refractivity contribution in [2.45, 2.75) is 38.5 Å². The second kappa shape index (κ2) is 6.79. The van der Waals surface area contributed by atoms with Crippen LogP contribution in [0.1, 0.15) is 54.7 Å². The van der Waals surface area contributed by atoms with E-state index in [1.807, 2.05) is 0 Å². The molecule has 142 valence electrons. The maximum Gasteiger partial charge on any atom is 0.293 e. The van der Waals surface area contributed by atoms with E-state index in [9.17, 15) is 14.9 Å². The molecule has 1 spiro atoms. The summed E-state index contributed by atoms with van der Waals surface area (Å²) in [6.07, 6.45) is 10.6. The number of hydrogen-bond donors (Lipinski definition) is 0. The van der Waals surface area contributed by atoms with E-state index in [-0.39, 0.29) is 22.2 Å². The minimum Gasteiger partial charge on any atom is -0.366 e. The van der Waals surface area contributed by atoms with Gasteiger partial charge in [0.2, 0.25) is 5.78 Å². The van der Waals surface area contributed by atoms with Crippen molar-refractivity contribution in [1.82, 2.24) is 9.55 Å². The predicted molar refractivity (Wildman–Crippen MR) is 102 cm³/mol. The molecular weight excluding hydrogens is 344 g/mol. The summed E-state index contributed by atoms with van der Waals surface area (Å²) >= 11 is 0. The van der Waals surface area contributed by atoms with E-state index in [1.165, 1.54) is 31.7 Å². The van der Waals surface area contributed by atoms with Gasteiger partial charge in [-0.25, -0.2) is 4.98 Å². The number of carbonyl (C=O) groups is 1. The van der Waals surface area contributed by atoms with Crippen LogP contribution >= 0.6 is 0 Å². The first kappa shape index (κ1) is 17.7. The highest BCUT2D eigenvalue weighted by Gasteiger charge is 2.38. The van der Waals surface area contributed by atoms with E-state index in [4.69, 9.17) is 0 Å². The summed E-state index contributed by atoms with van der Waals surface area (Å²) in [6.45, 7) is 1.68. The lowest BCUT2D eigenvalue weighted by Gasteiger charge is -2.40. The normalized spacial score (nSPS) is 18.8. The van der Waals surface area contributed by atoms with Crippen molar-refractivity contribution in [3.05, 3.63) is 52.1 Å². The fraction of sp³-hybridized carbons (Fsp3) is 0.500. The zero-order chi connectivity index (χ0) is 19.0. The van der Waals surface area contributed by atoms with Crippen LogP contribution < -0.4 is 4.90 Å². The van der Waals surface area contributed by atoms with Crippen LogP contribution in [0.15, 0.2) is 30.6 Å². The first-order valence-corrected chi connectivity index (χ1v) is 9.55. The van der Waals surface area contributed by atoms with Crippen LogP contribution in [0.3, 0.4) is 0 Å². The highest BCUT2D eigenvalue weighted by molar-refractivity contribution is 6.07. The topological polar surface area (TPSA) is 81.3 Å². The Hall–Kier alpha value is -2.70. The Balaban J connectivity index is 1.59. The first-order valence-electron chi connectivity index (χ1n) is 9.55. The van der Waals surface area contributed by atoms with E-state index in [0.717, 1.165) is 25.9 Å². The highest BCUT2D eigenvalue weighted by Crippen LogP contribution is 2.47. The maximum atomic E-state index is 12.6. The number of nitro benzene ring substituents is 1. The third kappa shape index (κ3) is 3.22. The van der Waals surface area contributed by atoms with E-state index in [1.54, 1.807) is 36.1 Å². The SMILES string of the molecule is Cn1ccnc1C(=O)c1ccc(N2CCC3(CCCC3)CC2)c([N+](=O)[O-])c1. The summed E-state index contributed by atoms with van der Waals surface area (Å²) in [6, 6.07) is 4.80. The van der Waals surface area contributed by atoms with Gasteiger partial charge in [0.25, 0.3) is 5.69 Å². The van der Waals surface area contributed by atoms with Crippen molar-refractivity contribution in [2.24, 2.45) is 12.5 Å². The molecule has 1 aromatic heterocycles. The van der Waals surface area contributed by atoms with Gasteiger partial charge in [-0.05, 0) is 43.2 Å². The molecule has 1 aliphatic carbocycles. The van der Waals surface area contributed by atoms with Gasteiger partial charge in [-0.3, -0.25) is 14.9 Å². The number of benzene rings is 1. The second-order valence-corrected chi connectivity index (χ2v) is 7.85. The largest absolute Gasteiger partial charge is 0.366 e. The molecule has 2 aliphatic rings. The molecule has 1 aromatic carbocycles. The molecule has 0 bridgehead atoms. The number of hydrogen-bond acceptors (Lipinski definition) is 5. The molecule has 1 saturated heterocycles. The van der Waals surface area contributed by atoms with Gasteiger partial charge in [-0.2, -0.15) is 0 Å². The quantitative estimate of drug-likeness (QED) is 0.467. The molecule has 2 aromatic rings. The van der Waals surface area contributed by atoms with Crippen LogP contribution in [-0.4, -0.2) is 33.3 Å². The third-order valence-electron chi connectivity index (χ3n) is 6.29. The average Bonchev–Trinajstić information content (AvgIpc) is 3.30. The van der Waals surface area contributed by atoms with Crippen molar-refractivity contribution in [3.63, 3.8) is 0 Å². The molecular formula is C20H24N4O3. The summed E-state index contributed by atoms with van der Waals surface area (Å²) in [5.74, 6) is -0.0288. The number of carbonyl (C=O) groups excluding carboxylic acids is 1. The Morgan fingerprint density at radius 2 is 1.89 bits per heavy atom. The fourth-order valence-corrected chi connectivity index (χ4v) is 4.64. The molecule has 0 radical (unpaired) electrons. The van der Waals surface area contributed by atoms with Crippen molar-refractivity contribution in [2.75, 3.05) is 18.0 Å². The van der Waals surface area contributed by atoms with Crippen molar-refractivity contribution in [1.29, 1.82) is 0 Å². The number of piperidine rings is 1. The number of anilines is 1. The number of nitrogens with zero attached hydrogens (tertiary/aromatic N) is 4. The van der Waals surface area contributed by atoms with Crippen LogP contribution in [0.4, 0.5) is 11.4 Å². The monoisotopic (exact) mass is 368 g/mol. The van der Waals surface area contributed by atoms with Gasteiger partial charge in [0.15, 0.2) is 5.82 Å². The minimum absolute atomic E-state index is 0.00238. The molecule has 1 aliphatic heterocycles. The van der Waals surface area contributed by atoms with Crippen LogP contribution in [-0.2, 0) is 7.05 Å². The van der Waals surface area contributed by atoms with Crippen LogP contribution in [0.25, 0.3) is 0 Å². The lowest BCUT2D eigenvalue weighted by atomic mass is 9.77. The molecule has 27 heavy (non-hydrogen) atoms. The number of nitro groups is 1. The number of rotatable bonds is 4. The molecule has 7 nitrogen and oxygen atoms in total. The second-order valence-electron chi connectivity index (χ2n) is 7.85. The summed E-state index contributed by atoms with van der Waals surface area (Å²) in [7, 11) is 1.73. The molecule has 7 heteroatoms. The van der Waals surface area contributed by atoms with Gasteiger partial charge in [-0.15, -0.1) is 0 Å². The van der Waals surface area contributed by atoms with E-state index < -0.39 is 0 Å². The van der Waals surface area contributed by atoms with E-state index in [0.29, 0.717) is 16.7 Å². The van der Waals surface area contributed by atoms with Gasteiger partial charge < -0.3 is 9.47 Å². The number of imidazole rings is 1. The smallest absolute Gasteiger partial charge is 0.293 e. The number of aromatic nitrogens is 2. The van der Waals surface area contributed by atoms with Crippen molar-refractivity contribution < 1.29 is 9.72 Å². The Labute approximate surface area is 158 Å². The molecule has 2 heterocycles. The molecule has 1 saturated carbocycles. The van der Waals surface area contributed by atoms with Crippen LogP contribution in [0, 0.1) is 15.5 Å². The zero-order valence-electron chi connectivity index (χ0n) is 15.6. The molecule has 0 unspecified atom stereocenters. The standard InChI is InChI=1S/C20H24N4O3/c1-22-13-10-21-19(22)18(25)15-4-5-16(17(14-15)24(26)27)23-11-8-20(9-12-23)6-2-3-7-20/h4-5,10,13-14H,2-3,6-9,11-12H2,1H3. The lowest BCUT2D eigenvalue weighted by molar-refractivity contribution is -0.384. The molecule has 0 amide bonds. The average molecular weight is 368 g/mol. The maximum absolute atomic E-state index is 12.6. The van der Waals surface area contributed by atoms with Crippen LogP contribution in [0.5, 0.6) is 0 Å². The van der Waals surface area contributed by atoms with E-state index >= 15 is 0 Å². The molecule has 4 rings (SSSR count). The van der Waals surface area contributed by atoms with Gasteiger partial charge >= 0.3 is 0 Å². The Morgan fingerprint density at radius 1 is 1.19 bits per heavy atom. The Morgan fingerprint density at radius 3 is 2.48 bits per heavy atom. The number of aryl methyl sites for hydroxylation is 1. The third-order valence-corrected chi connectivity index (χ3v) is 6.29. The highest BCUT2D eigenvalue weighted by atomic mass is 16.6.